The first-order valence-corrected chi connectivity index (χ1v) is 6.76. The molecule has 2 N–H and O–H groups in total. The van der Waals surface area contributed by atoms with Crippen molar-refractivity contribution in [3.63, 3.8) is 0 Å². The number of ether oxygens (including phenoxy) is 1. The predicted molar refractivity (Wildman–Crippen MR) is 72.9 cm³/mol. The van der Waals surface area contributed by atoms with Gasteiger partial charge in [0.1, 0.15) is 0 Å². The number of hydrogen-bond donors (Lipinski definition) is 1. The Hall–Kier alpha value is -0.840. The van der Waals surface area contributed by atoms with Gasteiger partial charge in [0.15, 0.2) is 0 Å². The van der Waals surface area contributed by atoms with E-state index in [0.29, 0.717) is 30.1 Å². The molecule has 1 unspecified atom stereocenters. The molecule has 1 aromatic rings. The lowest BCUT2D eigenvalue weighted by Crippen LogP contribution is -2.26. The van der Waals surface area contributed by atoms with E-state index >= 15 is 0 Å². The van der Waals surface area contributed by atoms with Crippen LogP contribution in [-0.4, -0.2) is 36.1 Å². The minimum atomic E-state index is 0.406. The average Bonchev–Trinajstić information content (AvgIpc) is 2.77. The second kappa shape index (κ2) is 6.36. The van der Waals surface area contributed by atoms with Crippen LogP contribution in [0.15, 0.2) is 12.3 Å². The average molecular weight is 270 g/mol. The van der Waals surface area contributed by atoms with Crippen molar-refractivity contribution < 1.29 is 4.74 Å². The van der Waals surface area contributed by atoms with Gasteiger partial charge >= 0.3 is 0 Å². The third-order valence-electron chi connectivity index (χ3n) is 3.50. The lowest BCUT2D eigenvalue weighted by atomic mass is 10.1. The number of pyridine rings is 1. The topological polar surface area (TPSA) is 51.4 Å². The van der Waals surface area contributed by atoms with Gasteiger partial charge in [0.25, 0.3) is 0 Å². The zero-order valence-corrected chi connectivity index (χ0v) is 11.5. The van der Waals surface area contributed by atoms with Crippen molar-refractivity contribution in [2.24, 2.45) is 5.73 Å². The molecule has 1 atom stereocenters. The van der Waals surface area contributed by atoms with E-state index in [9.17, 15) is 0 Å². The summed E-state index contributed by atoms with van der Waals surface area (Å²) in [7, 11) is 2.17. The van der Waals surface area contributed by atoms with Crippen LogP contribution in [0.5, 0.6) is 5.88 Å². The summed E-state index contributed by atoms with van der Waals surface area (Å²) in [6.07, 6.45) is 5.19. The van der Waals surface area contributed by atoms with E-state index in [2.05, 4.69) is 16.9 Å². The highest BCUT2D eigenvalue weighted by molar-refractivity contribution is 6.31. The van der Waals surface area contributed by atoms with Crippen molar-refractivity contribution in [3.8, 4) is 5.88 Å². The Morgan fingerprint density at radius 2 is 2.44 bits per heavy atom. The molecule has 100 valence electrons. The van der Waals surface area contributed by atoms with Gasteiger partial charge in [-0.1, -0.05) is 11.6 Å². The first kappa shape index (κ1) is 13.6. The van der Waals surface area contributed by atoms with Crippen LogP contribution in [-0.2, 0) is 6.54 Å². The van der Waals surface area contributed by atoms with E-state index < -0.39 is 0 Å². The Balaban J connectivity index is 1.83. The Kier molecular flexibility index (Phi) is 4.80. The zero-order valence-electron chi connectivity index (χ0n) is 10.7. The summed E-state index contributed by atoms with van der Waals surface area (Å²) < 4.78 is 5.66. The normalized spacial score (nSPS) is 20.3. The maximum absolute atomic E-state index is 5.95. The standard InChI is InChI=1S/C13H20ClN3O/c1-17-5-2-3-11(17)4-6-18-13-7-10(8-15)12(14)9-16-13/h7,9,11H,2-6,8,15H2,1H3. The maximum Gasteiger partial charge on any atom is 0.213 e. The van der Waals surface area contributed by atoms with Crippen LogP contribution >= 0.6 is 11.6 Å². The monoisotopic (exact) mass is 269 g/mol. The minimum absolute atomic E-state index is 0.406. The summed E-state index contributed by atoms with van der Waals surface area (Å²) in [6.45, 7) is 2.29. The van der Waals surface area contributed by atoms with Crippen LogP contribution < -0.4 is 10.5 Å². The molecule has 0 radical (unpaired) electrons. The van der Waals surface area contributed by atoms with Gasteiger partial charge in [0.2, 0.25) is 5.88 Å². The van der Waals surface area contributed by atoms with E-state index in [-0.39, 0.29) is 0 Å². The molecule has 4 nitrogen and oxygen atoms in total. The molecule has 0 aliphatic carbocycles. The van der Waals surface area contributed by atoms with Crippen LogP contribution in [0.25, 0.3) is 0 Å². The quantitative estimate of drug-likeness (QED) is 0.889. The molecule has 5 heteroatoms. The van der Waals surface area contributed by atoms with Crippen LogP contribution in [0.1, 0.15) is 24.8 Å². The predicted octanol–water partition coefficient (Wildman–Crippen LogP) is 2.06. The summed E-state index contributed by atoms with van der Waals surface area (Å²) in [5.41, 5.74) is 6.47. The Labute approximate surface area is 113 Å². The van der Waals surface area contributed by atoms with Crippen LogP contribution in [0.4, 0.5) is 0 Å². The molecule has 0 amide bonds. The lowest BCUT2D eigenvalue weighted by Gasteiger charge is -2.19. The number of likely N-dealkylation sites (tertiary alicyclic amines) is 1. The fourth-order valence-electron chi connectivity index (χ4n) is 2.34. The van der Waals surface area contributed by atoms with E-state index in [0.717, 1.165) is 12.0 Å². The molecule has 2 rings (SSSR count). The van der Waals surface area contributed by atoms with E-state index in [1.807, 2.05) is 6.07 Å². The third kappa shape index (κ3) is 3.34. The molecule has 18 heavy (non-hydrogen) atoms. The summed E-state index contributed by atoms with van der Waals surface area (Å²) in [6, 6.07) is 2.46. The van der Waals surface area contributed by atoms with Crippen LogP contribution in [0.2, 0.25) is 5.02 Å². The van der Waals surface area contributed by atoms with E-state index in [1.165, 1.54) is 19.4 Å². The summed E-state index contributed by atoms with van der Waals surface area (Å²) in [5, 5.41) is 0.598. The molecule has 0 aromatic carbocycles. The molecule has 2 heterocycles. The molecular formula is C13H20ClN3O. The fourth-order valence-corrected chi connectivity index (χ4v) is 2.52. The van der Waals surface area contributed by atoms with Crippen molar-refractivity contribution in [3.05, 3.63) is 22.8 Å². The van der Waals surface area contributed by atoms with Gasteiger partial charge < -0.3 is 15.4 Å². The van der Waals surface area contributed by atoms with Gasteiger partial charge in [0.05, 0.1) is 11.6 Å². The molecule has 1 saturated heterocycles. The highest BCUT2D eigenvalue weighted by atomic mass is 35.5. The highest BCUT2D eigenvalue weighted by Crippen LogP contribution is 2.20. The van der Waals surface area contributed by atoms with Crippen molar-refractivity contribution in [2.45, 2.75) is 31.8 Å². The number of halogens is 1. The number of hydrogen-bond acceptors (Lipinski definition) is 4. The molecule has 0 bridgehead atoms. The molecule has 1 aliphatic heterocycles. The first-order chi connectivity index (χ1) is 8.70. The van der Waals surface area contributed by atoms with E-state index in [1.54, 1.807) is 6.20 Å². The van der Waals surface area contributed by atoms with Crippen molar-refractivity contribution in [1.82, 2.24) is 9.88 Å². The Morgan fingerprint density at radius 3 is 3.11 bits per heavy atom. The summed E-state index contributed by atoms with van der Waals surface area (Å²) in [5.74, 6) is 0.612. The van der Waals surface area contributed by atoms with Gasteiger partial charge in [-0.15, -0.1) is 0 Å². The molecule has 1 aliphatic rings. The Bertz CT molecular complexity index is 400. The second-order valence-corrected chi connectivity index (χ2v) is 5.14. The molecular weight excluding hydrogens is 250 g/mol. The first-order valence-electron chi connectivity index (χ1n) is 6.38. The largest absolute Gasteiger partial charge is 0.478 e. The third-order valence-corrected chi connectivity index (χ3v) is 3.84. The van der Waals surface area contributed by atoms with Gasteiger partial charge in [-0.3, -0.25) is 0 Å². The van der Waals surface area contributed by atoms with E-state index in [4.69, 9.17) is 22.1 Å². The molecule has 0 spiro atoms. The molecule has 1 aromatic heterocycles. The summed E-state index contributed by atoms with van der Waals surface area (Å²) >= 11 is 5.95. The Morgan fingerprint density at radius 1 is 1.61 bits per heavy atom. The highest BCUT2D eigenvalue weighted by Gasteiger charge is 2.20. The maximum atomic E-state index is 5.95. The lowest BCUT2D eigenvalue weighted by molar-refractivity contribution is 0.228. The van der Waals surface area contributed by atoms with Crippen LogP contribution in [0, 0.1) is 0 Å². The van der Waals surface area contributed by atoms with Gasteiger partial charge in [-0.05, 0) is 38.4 Å². The van der Waals surface area contributed by atoms with Gasteiger partial charge in [0, 0.05) is 24.8 Å². The van der Waals surface area contributed by atoms with Gasteiger partial charge in [-0.25, -0.2) is 4.98 Å². The van der Waals surface area contributed by atoms with Crippen LogP contribution in [0.3, 0.4) is 0 Å². The number of nitrogens with two attached hydrogens (primary N) is 1. The van der Waals surface area contributed by atoms with Gasteiger partial charge in [-0.2, -0.15) is 0 Å². The second-order valence-electron chi connectivity index (χ2n) is 4.73. The fraction of sp³-hybridized carbons (Fsp3) is 0.615. The zero-order chi connectivity index (χ0) is 13.0. The number of rotatable bonds is 5. The van der Waals surface area contributed by atoms with Crippen molar-refractivity contribution in [2.75, 3.05) is 20.2 Å². The summed E-state index contributed by atoms with van der Waals surface area (Å²) in [4.78, 5) is 6.54. The smallest absolute Gasteiger partial charge is 0.213 e. The van der Waals surface area contributed by atoms with Crippen molar-refractivity contribution in [1.29, 1.82) is 0 Å². The minimum Gasteiger partial charge on any atom is -0.478 e. The molecule has 0 saturated carbocycles. The SMILES string of the molecule is CN1CCCC1CCOc1cc(CN)c(Cl)cn1. The number of aromatic nitrogens is 1. The van der Waals surface area contributed by atoms with Crippen molar-refractivity contribution >= 4 is 11.6 Å². The molecule has 1 fully saturated rings. The number of nitrogens with zero attached hydrogens (tertiary/aromatic N) is 2.